The fourth-order valence-corrected chi connectivity index (χ4v) is 2.89. The number of rotatable bonds is 8. The van der Waals surface area contributed by atoms with E-state index in [9.17, 15) is 4.79 Å². The topological polar surface area (TPSA) is 38.8 Å². The van der Waals surface area contributed by atoms with Crippen LogP contribution in [0.15, 0.2) is 12.1 Å². The van der Waals surface area contributed by atoms with Gasteiger partial charge in [-0.3, -0.25) is 4.79 Å². The Morgan fingerprint density at radius 3 is 2.52 bits per heavy atom. The molecule has 0 aliphatic heterocycles. The van der Waals surface area contributed by atoms with Crippen LogP contribution in [0.25, 0.3) is 0 Å². The van der Waals surface area contributed by atoms with Gasteiger partial charge in [-0.1, -0.05) is 18.5 Å². The van der Waals surface area contributed by atoms with Crippen LogP contribution in [-0.4, -0.2) is 36.1 Å². The van der Waals surface area contributed by atoms with Crippen LogP contribution in [0.3, 0.4) is 0 Å². The predicted octanol–water partition coefficient (Wildman–Crippen LogP) is 4.54. The average Bonchev–Trinajstić information content (AvgIpc) is 3.31. The summed E-state index contributed by atoms with van der Waals surface area (Å²) in [6.07, 6.45) is 3.03. The molecule has 0 N–H and O–H groups in total. The van der Waals surface area contributed by atoms with Gasteiger partial charge in [0.1, 0.15) is 0 Å². The van der Waals surface area contributed by atoms with E-state index >= 15 is 0 Å². The summed E-state index contributed by atoms with van der Waals surface area (Å²) in [6.45, 7) is 9.07. The lowest BCUT2D eigenvalue weighted by Crippen LogP contribution is -2.38. The van der Waals surface area contributed by atoms with Crippen LogP contribution < -0.4 is 9.47 Å². The summed E-state index contributed by atoms with van der Waals surface area (Å²) in [5.74, 6) is 1.07. The van der Waals surface area contributed by atoms with E-state index in [1.54, 1.807) is 12.1 Å². The maximum Gasteiger partial charge on any atom is 0.254 e. The summed E-state index contributed by atoms with van der Waals surface area (Å²) in [7, 11) is 0. The number of ether oxygens (including phenoxy) is 2. The van der Waals surface area contributed by atoms with E-state index in [1.165, 1.54) is 0 Å². The second-order valence-corrected chi connectivity index (χ2v) is 6.51. The van der Waals surface area contributed by atoms with Gasteiger partial charge in [0.15, 0.2) is 11.5 Å². The summed E-state index contributed by atoms with van der Waals surface area (Å²) >= 11 is 6.35. The molecular formula is C18H26ClNO3. The Morgan fingerprint density at radius 1 is 1.30 bits per heavy atom. The van der Waals surface area contributed by atoms with Gasteiger partial charge >= 0.3 is 0 Å². The Labute approximate surface area is 143 Å². The van der Waals surface area contributed by atoms with Crippen LogP contribution in [-0.2, 0) is 0 Å². The molecule has 1 aliphatic carbocycles. The number of benzene rings is 1. The van der Waals surface area contributed by atoms with Gasteiger partial charge in [0.05, 0.1) is 18.2 Å². The number of carbonyl (C=O) groups excluding carboxylic acids is 1. The fraction of sp³-hybridized carbons (Fsp3) is 0.611. The molecule has 0 aromatic heterocycles. The molecule has 128 valence electrons. The number of halogens is 1. The predicted molar refractivity (Wildman–Crippen MR) is 92.7 cm³/mol. The van der Waals surface area contributed by atoms with E-state index in [2.05, 4.69) is 0 Å². The van der Waals surface area contributed by atoms with E-state index < -0.39 is 0 Å². The van der Waals surface area contributed by atoms with Gasteiger partial charge in [-0.2, -0.15) is 0 Å². The fourth-order valence-electron chi connectivity index (χ4n) is 2.62. The molecule has 1 aliphatic rings. The molecule has 1 fully saturated rings. The molecule has 0 spiro atoms. The van der Waals surface area contributed by atoms with E-state index in [1.807, 2.05) is 32.6 Å². The molecule has 0 heterocycles. The van der Waals surface area contributed by atoms with Crippen molar-refractivity contribution in [1.82, 2.24) is 4.90 Å². The molecule has 4 nitrogen and oxygen atoms in total. The average molecular weight is 340 g/mol. The highest BCUT2D eigenvalue weighted by Crippen LogP contribution is 2.38. The number of hydrogen-bond donors (Lipinski definition) is 0. The molecule has 0 saturated heterocycles. The number of hydrogen-bond acceptors (Lipinski definition) is 3. The minimum absolute atomic E-state index is 0.00685. The molecule has 2 rings (SSSR count). The van der Waals surface area contributed by atoms with Crippen LogP contribution in [0.5, 0.6) is 11.5 Å². The van der Waals surface area contributed by atoms with Gasteiger partial charge in [0.25, 0.3) is 5.91 Å². The summed E-state index contributed by atoms with van der Waals surface area (Å²) < 4.78 is 11.3. The zero-order chi connectivity index (χ0) is 17.0. The minimum Gasteiger partial charge on any atom is -0.490 e. The normalized spacial score (nSPS) is 14.0. The summed E-state index contributed by atoms with van der Waals surface area (Å²) in [5.41, 5.74) is 0.558. The van der Waals surface area contributed by atoms with Gasteiger partial charge in [-0.05, 0) is 52.2 Å². The van der Waals surface area contributed by atoms with E-state index in [-0.39, 0.29) is 11.9 Å². The SMILES string of the molecule is CCCOc1c(Cl)cc(C(=O)N(C(C)C)C2CC2)cc1OCC. The summed E-state index contributed by atoms with van der Waals surface area (Å²) in [6, 6.07) is 3.96. The lowest BCUT2D eigenvalue weighted by molar-refractivity contribution is 0.0689. The Kier molecular flexibility index (Phi) is 6.17. The van der Waals surface area contributed by atoms with Crippen LogP contribution in [0, 0.1) is 0 Å². The second kappa shape index (κ2) is 7.91. The van der Waals surface area contributed by atoms with Gasteiger partial charge < -0.3 is 14.4 Å². The molecule has 23 heavy (non-hydrogen) atoms. The first-order valence-electron chi connectivity index (χ1n) is 8.41. The van der Waals surface area contributed by atoms with Gasteiger partial charge in [-0.25, -0.2) is 0 Å². The van der Waals surface area contributed by atoms with E-state index in [4.69, 9.17) is 21.1 Å². The van der Waals surface area contributed by atoms with Crippen LogP contribution in [0.4, 0.5) is 0 Å². The summed E-state index contributed by atoms with van der Waals surface area (Å²) in [5, 5.41) is 0.423. The second-order valence-electron chi connectivity index (χ2n) is 6.10. The standard InChI is InChI=1S/C18H26ClNO3/c1-5-9-23-17-15(19)10-13(11-16(17)22-6-2)18(21)20(12(3)4)14-7-8-14/h10-12,14H,5-9H2,1-4H3. The number of nitrogens with zero attached hydrogens (tertiary/aromatic N) is 1. The molecule has 1 aromatic carbocycles. The van der Waals surface area contributed by atoms with Crippen LogP contribution >= 0.6 is 11.6 Å². The molecule has 0 bridgehead atoms. The maximum absolute atomic E-state index is 12.9. The number of amides is 1. The highest BCUT2D eigenvalue weighted by molar-refractivity contribution is 6.32. The zero-order valence-corrected chi connectivity index (χ0v) is 15.2. The molecule has 0 unspecified atom stereocenters. The minimum atomic E-state index is 0.00685. The Balaban J connectivity index is 2.33. The molecule has 1 saturated carbocycles. The largest absolute Gasteiger partial charge is 0.490 e. The molecule has 5 heteroatoms. The zero-order valence-electron chi connectivity index (χ0n) is 14.4. The van der Waals surface area contributed by atoms with Crippen molar-refractivity contribution in [2.45, 2.75) is 59.0 Å². The monoisotopic (exact) mass is 339 g/mol. The third kappa shape index (κ3) is 4.31. The first-order chi connectivity index (χ1) is 11.0. The molecule has 1 amide bonds. The van der Waals surface area contributed by atoms with Crippen LogP contribution in [0.1, 0.15) is 57.3 Å². The first-order valence-corrected chi connectivity index (χ1v) is 8.79. The van der Waals surface area contributed by atoms with Crippen molar-refractivity contribution in [3.63, 3.8) is 0 Å². The molecule has 1 aromatic rings. The lowest BCUT2D eigenvalue weighted by Gasteiger charge is -2.27. The van der Waals surface area contributed by atoms with Crippen molar-refractivity contribution in [2.24, 2.45) is 0 Å². The van der Waals surface area contributed by atoms with Gasteiger partial charge in [0.2, 0.25) is 0 Å². The number of carbonyl (C=O) groups is 1. The first kappa shape index (κ1) is 17.9. The molecular weight excluding hydrogens is 314 g/mol. The van der Waals surface area contributed by atoms with Crippen molar-refractivity contribution >= 4 is 17.5 Å². The summed E-state index contributed by atoms with van der Waals surface area (Å²) in [4.78, 5) is 14.8. The quantitative estimate of drug-likeness (QED) is 0.698. The van der Waals surface area contributed by atoms with Crippen molar-refractivity contribution in [3.05, 3.63) is 22.7 Å². The van der Waals surface area contributed by atoms with Crippen molar-refractivity contribution in [1.29, 1.82) is 0 Å². The Hall–Kier alpha value is -1.42. The van der Waals surface area contributed by atoms with Gasteiger partial charge in [0, 0.05) is 17.6 Å². The third-order valence-electron chi connectivity index (χ3n) is 3.74. The van der Waals surface area contributed by atoms with Crippen LogP contribution in [0.2, 0.25) is 5.02 Å². The molecule has 0 atom stereocenters. The van der Waals surface area contributed by atoms with E-state index in [0.29, 0.717) is 41.3 Å². The van der Waals surface area contributed by atoms with Crippen molar-refractivity contribution < 1.29 is 14.3 Å². The van der Waals surface area contributed by atoms with E-state index in [0.717, 1.165) is 19.3 Å². The third-order valence-corrected chi connectivity index (χ3v) is 4.02. The maximum atomic E-state index is 12.9. The highest BCUT2D eigenvalue weighted by atomic mass is 35.5. The van der Waals surface area contributed by atoms with Crippen molar-refractivity contribution in [3.8, 4) is 11.5 Å². The Morgan fingerprint density at radius 2 is 2.00 bits per heavy atom. The van der Waals surface area contributed by atoms with Crippen molar-refractivity contribution in [2.75, 3.05) is 13.2 Å². The highest BCUT2D eigenvalue weighted by Gasteiger charge is 2.35. The Bertz CT molecular complexity index is 553. The molecule has 0 radical (unpaired) electrons. The lowest BCUT2D eigenvalue weighted by atomic mass is 10.1. The van der Waals surface area contributed by atoms with Gasteiger partial charge in [-0.15, -0.1) is 0 Å². The smallest absolute Gasteiger partial charge is 0.254 e.